The summed E-state index contributed by atoms with van der Waals surface area (Å²) in [4.78, 5) is 33.4. The summed E-state index contributed by atoms with van der Waals surface area (Å²) in [7, 11) is 0. The summed E-state index contributed by atoms with van der Waals surface area (Å²) in [5, 5.41) is 12.6. The van der Waals surface area contributed by atoms with Gasteiger partial charge in [-0.2, -0.15) is 0 Å². The van der Waals surface area contributed by atoms with Crippen LogP contribution in [0, 0.1) is 5.82 Å². The highest BCUT2D eigenvalue weighted by atomic mass is 35.5. The zero-order chi connectivity index (χ0) is 24.2. The zero-order valence-corrected chi connectivity index (χ0v) is 19.0. The average Bonchev–Trinajstić information content (AvgIpc) is 2.82. The molecule has 0 aliphatic heterocycles. The lowest BCUT2D eigenvalue weighted by Crippen LogP contribution is -2.26. The number of benzene rings is 3. The molecule has 0 radical (unpaired) electrons. The van der Waals surface area contributed by atoms with Crippen LogP contribution in [0.1, 0.15) is 41.0 Å². The maximum absolute atomic E-state index is 13.2. The van der Waals surface area contributed by atoms with Crippen LogP contribution in [0.4, 0.5) is 4.39 Å². The first kappa shape index (κ1) is 23.3. The Bertz CT molecular complexity index is 1360. The number of amides is 1. The van der Waals surface area contributed by atoms with Crippen LogP contribution in [-0.4, -0.2) is 27.0 Å². The van der Waals surface area contributed by atoms with Crippen LogP contribution < -0.4 is 5.32 Å². The molecule has 34 heavy (non-hydrogen) atoms. The summed E-state index contributed by atoms with van der Waals surface area (Å²) in [6.45, 7) is 1.81. The van der Waals surface area contributed by atoms with Gasteiger partial charge in [0.15, 0.2) is 0 Å². The van der Waals surface area contributed by atoms with Crippen molar-refractivity contribution in [1.29, 1.82) is 0 Å². The first-order valence-electron chi connectivity index (χ1n) is 10.6. The molecular formula is C26H21ClFN3O3. The highest BCUT2D eigenvalue weighted by Crippen LogP contribution is 2.26. The van der Waals surface area contributed by atoms with Crippen molar-refractivity contribution in [2.45, 2.75) is 25.8 Å². The van der Waals surface area contributed by atoms with E-state index in [4.69, 9.17) is 21.7 Å². The Morgan fingerprint density at radius 2 is 1.71 bits per heavy atom. The minimum absolute atomic E-state index is 0.101. The molecule has 172 valence electrons. The highest BCUT2D eigenvalue weighted by molar-refractivity contribution is 6.30. The molecule has 1 amide bonds. The maximum Gasteiger partial charge on any atom is 0.303 e. The minimum atomic E-state index is -0.938. The minimum Gasteiger partial charge on any atom is -0.481 e. The summed E-state index contributed by atoms with van der Waals surface area (Å²) in [6.07, 6.45) is 0.0877. The second-order valence-electron chi connectivity index (χ2n) is 7.87. The van der Waals surface area contributed by atoms with Gasteiger partial charge in [-0.25, -0.2) is 14.4 Å². The smallest absolute Gasteiger partial charge is 0.303 e. The van der Waals surface area contributed by atoms with Crippen LogP contribution in [0.25, 0.3) is 22.3 Å². The number of carboxylic acid groups (broad SMARTS) is 1. The van der Waals surface area contributed by atoms with E-state index in [0.717, 1.165) is 11.1 Å². The van der Waals surface area contributed by atoms with Gasteiger partial charge in [0.1, 0.15) is 5.82 Å². The highest BCUT2D eigenvalue weighted by Gasteiger charge is 2.16. The second kappa shape index (κ2) is 9.97. The Kier molecular flexibility index (Phi) is 6.84. The van der Waals surface area contributed by atoms with Crippen molar-refractivity contribution in [2.75, 3.05) is 0 Å². The first-order chi connectivity index (χ1) is 16.3. The first-order valence-corrected chi connectivity index (χ1v) is 11.0. The molecule has 0 aliphatic rings. The third kappa shape index (κ3) is 5.38. The van der Waals surface area contributed by atoms with Crippen molar-refractivity contribution in [3.8, 4) is 11.3 Å². The van der Waals surface area contributed by atoms with Crippen LogP contribution >= 0.6 is 11.6 Å². The summed E-state index contributed by atoms with van der Waals surface area (Å²) >= 11 is 6.00. The molecule has 1 unspecified atom stereocenters. The van der Waals surface area contributed by atoms with E-state index in [2.05, 4.69) is 10.3 Å². The fraction of sp³-hybridized carbons (Fsp3) is 0.154. The largest absolute Gasteiger partial charge is 0.481 e. The van der Waals surface area contributed by atoms with E-state index in [1.807, 2.05) is 6.92 Å². The zero-order valence-electron chi connectivity index (χ0n) is 18.3. The molecule has 4 rings (SSSR count). The molecule has 8 heteroatoms. The molecule has 1 atom stereocenters. The van der Waals surface area contributed by atoms with E-state index >= 15 is 0 Å². The van der Waals surface area contributed by atoms with Crippen molar-refractivity contribution in [2.24, 2.45) is 0 Å². The number of aryl methyl sites for hydroxylation is 1. The molecule has 0 fully saturated rings. The van der Waals surface area contributed by atoms with Gasteiger partial charge in [0.2, 0.25) is 0 Å². The summed E-state index contributed by atoms with van der Waals surface area (Å²) in [5.41, 5.74) is 4.10. The summed E-state index contributed by atoms with van der Waals surface area (Å²) in [6, 6.07) is 17.7. The van der Waals surface area contributed by atoms with Crippen molar-refractivity contribution < 1.29 is 19.1 Å². The van der Waals surface area contributed by atoms with Crippen molar-refractivity contribution in [1.82, 2.24) is 15.3 Å². The van der Waals surface area contributed by atoms with E-state index in [-0.39, 0.29) is 30.6 Å². The molecule has 3 aromatic carbocycles. The lowest BCUT2D eigenvalue weighted by molar-refractivity contribution is -0.136. The van der Waals surface area contributed by atoms with Crippen LogP contribution in [0.3, 0.4) is 0 Å². The van der Waals surface area contributed by atoms with E-state index in [0.29, 0.717) is 33.0 Å². The fourth-order valence-corrected chi connectivity index (χ4v) is 3.71. The van der Waals surface area contributed by atoms with Crippen LogP contribution in [0.5, 0.6) is 0 Å². The lowest BCUT2D eigenvalue weighted by Gasteiger charge is -2.15. The van der Waals surface area contributed by atoms with Gasteiger partial charge in [0, 0.05) is 22.6 Å². The lowest BCUT2D eigenvalue weighted by atomic mass is 10.0. The molecule has 1 aromatic heterocycles. The van der Waals surface area contributed by atoms with Crippen LogP contribution in [0.2, 0.25) is 5.02 Å². The van der Waals surface area contributed by atoms with E-state index < -0.39 is 5.97 Å². The number of halogens is 2. The van der Waals surface area contributed by atoms with Gasteiger partial charge in [0.05, 0.1) is 34.9 Å². The monoisotopic (exact) mass is 477 g/mol. The predicted octanol–water partition coefficient (Wildman–Crippen LogP) is 5.60. The molecule has 0 saturated heterocycles. The molecule has 0 bridgehead atoms. The van der Waals surface area contributed by atoms with E-state index in [9.17, 15) is 14.0 Å². The van der Waals surface area contributed by atoms with Crippen LogP contribution in [-0.2, 0) is 11.2 Å². The Labute approximate surface area is 200 Å². The SMILES string of the molecule is CC(NC(=O)c1ccc2nc(-c3ccc(Cl)cc3)c(CCC(=O)O)nc2c1)c1ccc(F)cc1. The van der Waals surface area contributed by atoms with Crippen molar-refractivity contribution in [3.05, 3.63) is 94.4 Å². The predicted molar refractivity (Wildman–Crippen MR) is 128 cm³/mol. The third-order valence-corrected chi connectivity index (χ3v) is 5.66. The second-order valence-corrected chi connectivity index (χ2v) is 8.31. The molecule has 6 nitrogen and oxygen atoms in total. The van der Waals surface area contributed by atoms with E-state index in [1.54, 1.807) is 54.6 Å². The molecule has 0 aliphatic carbocycles. The van der Waals surface area contributed by atoms with Gasteiger partial charge in [-0.15, -0.1) is 0 Å². The number of rotatable bonds is 7. The standard InChI is InChI=1S/C26H21ClFN3O3/c1-15(16-4-9-20(28)10-5-16)29-26(34)18-6-11-21-23(14-18)30-22(12-13-24(32)33)25(31-21)17-2-7-19(27)8-3-17/h2-11,14-15H,12-13H2,1H3,(H,29,34)(H,32,33). The molecule has 1 heterocycles. The molecule has 4 aromatic rings. The van der Waals surface area contributed by atoms with Crippen molar-refractivity contribution >= 4 is 34.5 Å². The molecule has 2 N–H and O–H groups in total. The normalized spacial score (nSPS) is 11.9. The number of aromatic nitrogens is 2. The average molecular weight is 478 g/mol. The van der Waals surface area contributed by atoms with E-state index in [1.165, 1.54) is 12.1 Å². The third-order valence-electron chi connectivity index (χ3n) is 5.41. The Morgan fingerprint density at radius 3 is 2.38 bits per heavy atom. The van der Waals surface area contributed by atoms with Gasteiger partial charge in [-0.3, -0.25) is 9.59 Å². The topological polar surface area (TPSA) is 92.2 Å². The number of carbonyl (C=O) groups excluding carboxylic acids is 1. The molecule has 0 spiro atoms. The van der Waals surface area contributed by atoms with Crippen LogP contribution in [0.15, 0.2) is 66.7 Å². The fourth-order valence-electron chi connectivity index (χ4n) is 3.59. The van der Waals surface area contributed by atoms with Gasteiger partial charge in [-0.1, -0.05) is 35.9 Å². The number of carboxylic acids is 1. The van der Waals surface area contributed by atoms with Gasteiger partial charge in [0.25, 0.3) is 5.91 Å². The number of fused-ring (bicyclic) bond motifs is 1. The molecular weight excluding hydrogens is 457 g/mol. The Balaban J connectivity index is 1.66. The van der Waals surface area contributed by atoms with Gasteiger partial charge >= 0.3 is 5.97 Å². The Hall–Kier alpha value is -3.84. The number of nitrogens with zero attached hydrogens (tertiary/aromatic N) is 2. The summed E-state index contributed by atoms with van der Waals surface area (Å²) in [5.74, 6) is -1.59. The number of nitrogens with one attached hydrogen (secondary N) is 1. The molecule has 0 saturated carbocycles. The number of hydrogen-bond donors (Lipinski definition) is 2. The number of hydrogen-bond acceptors (Lipinski definition) is 4. The summed E-state index contributed by atoms with van der Waals surface area (Å²) < 4.78 is 13.2. The van der Waals surface area contributed by atoms with Gasteiger partial charge < -0.3 is 10.4 Å². The quantitative estimate of drug-likeness (QED) is 0.361. The number of aliphatic carboxylic acids is 1. The van der Waals surface area contributed by atoms with Crippen molar-refractivity contribution in [3.63, 3.8) is 0 Å². The number of carbonyl (C=O) groups is 2. The maximum atomic E-state index is 13.2. The van der Waals surface area contributed by atoms with Gasteiger partial charge in [-0.05, 0) is 55.0 Å². The Morgan fingerprint density at radius 1 is 1.00 bits per heavy atom.